The summed E-state index contributed by atoms with van der Waals surface area (Å²) in [6.45, 7) is 2.83. The van der Waals surface area contributed by atoms with Gasteiger partial charge in [-0.2, -0.15) is 0 Å². The predicted molar refractivity (Wildman–Crippen MR) is 102 cm³/mol. The summed E-state index contributed by atoms with van der Waals surface area (Å²) in [6.07, 6.45) is 0. The second kappa shape index (κ2) is 8.17. The fourth-order valence-corrected chi connectivity index (χ4v) is 3.29. The normalized spacial score (nSPS) is 14.5. The number of amides is 1. The third-order valence-electron chi connectivity index (χ3n) is 4.08. The molecule has 0 N–H and O–H groups in total. The third kappa shape index (κ3) is 4.51. The molecule has 4 nitrogen and oxygen atoms in total. The molecular weight excluding hydrogens is 383 g/mol. The average molecular weight is 400 g/mol. The Hall–Kier alpha value is -1.62. The highest BCUT2D eigenvalue weighted by Crippen LogP contribution is 2.33. The number of piperazine rings is 1. The molecule has 2 aromatic carbocycles. The van der Waals surface area contributed by atoms with Crippen molar-refractivity contribution in [2.75, 3.05) is 37.7 Å². The lowest BCUT2D eigenvalue weighted by Gasteiger charge is -2.36. The van der Waals surface area contributed by atoms with Crippen molar-refractivity contribution in [3.05, 3.63) is 57.5 Å². The first-order valence-electron chi connectivity index (χ1n) is 7.89. The second-order valence-corrected chi connectivity index (χ2v) is 6.91. The van der Waals surface area contributed by atoms with Crippen LogP contribution < -0.4 is 9.64 Å². The topological polar surface area (TPSA) is 32.8 Å². The molecule has 1 saturated heterocycles. The quantitative estimate of drug-likeness (QED) is 0.716. The standard InChI is InChI=1S/C18H17Cl3N2O2/c19-14-10-16(21)17(11-15(14)20)25-12-18(24)23-8-6-22(7-9-23)13-4-2-1-3-5-13/h1-5,10-11H,6-9,12H2. The first-order chi connectivity index (χ1) is 12.0. The molecule has 0 aromatic heterocycles. The van der Waals surface area contributed by atoms with Crippen molar-refractivity contribution >= 4 is 46.4 Å². The van der Waals surface area contributed by atoms with E-state index in [4.69, 9.17) is 39.5 Å². The SMILES string of the molecule is O=C(COc1cc(Cl)c(Cl)cc1Cl)N1CCN(c2ccccc2)CC1. The molecule has 3 rings (SSSR count). The highest BCUT2D eigenvalue weighted by molar-refractivity contribution is 6.43. The van der Waals surface area contributed by atoms with Crippen LogP contribution in [0.15, 0.2) is 42.5 Å². The number of ether oxygens (including phenoxy) is 1. The second-order valence-electron chi connectivity index (χ2n) is 5.69. The molecule has 0 spiro atoms. The molecule has 0 unspecified atom stereocenters. The number of para-hydroxylation sites is 1. The van der Waals surface area contributed by atoms with E-state index in [-0.39, 0.29) is 12.5 Å². The third-order valence-corrected chi connectivity index (χ3v) is 5.10. The molecule has 25 heavy (non-hydrogen) atoms. The van der Waals surface area contributed by atoms with Gasteiger partial charge < -0.3 is 14.5 Å². The molecule has 1 heterocycles. The Bertz CT molecular complexity index is 747. The van der Waals surface area contributed by atoms with Crippen LogP contribution in [0, 0.1) is 0 Å². The molecule has 1 aliphatic heterocycles. The van der Waals surface area contributed by atoms with Crippen LogP contribution in [0.5, 0.6) is 5.75 Å². The van der Waals surface area contributed by atoms with Crippen molar-refractivity contribution in [1.29, 1.82) is 0 Å². The predicted octanol–water partition coefficient (Wildman–Crippen LogP) is 4.37. The van der Waals surface area contributed by atoms with E-state index in [1.165, 1.54) is 17.8 Å². The molecule has 0 bridgehead atoms. The van der Waals surface area contributed by atoms with Crippen LogP contribution in [0.2, 0.25) is 15.1 Å². The number of anilines is 1. The molecule has 0 radical (unpaired) electrons. The fraction of sp³-hybridized carbons (Fsp3) is 0.278. The van der Waals surface area contributed by atoms with E-state index < -0.39 is 0 Å². The van der Waals surface area contributed by atoms with E-state index in [0.717, 1.165) is 13.1 Å². The van der Waals surface area contributed by atoms with E-state index in [1.807, 2.05) is 18.2 Å². The molecule has 2 aromatic rings. The average Bonchev–Trinajstić information content (AvgIpc) is 2.64. The maximum Gasteiger partial charge on any atom is 0.260 e. The summed E-state index contributed by atoms with van der Waals surface area (Å²) in [5.41, 5.74) is 1.17. The number of halogens is 3. The van der Waals surface area contributed by atoms with Gasteiger partial charge in [-0.05, 0) is 18.2 Å². The Kier molecular flexibility index (Phi) is 5.94. The Balaban J connectivity index is 1.52. The first-order valence-corrected chi connectivity index (χ1v) is 9.03. The number of rotatable bonds is 4. The number of nitrogens with zero attached hydrogens (tertiary/aromatic N) is 2. The largest absolute Gasteiger partial charge is 0.482 e. The zero-order valence-corrected chi connectivity index (χ0v) is 15.7. The molecule has 132 valence electrons. The van der Waals surface area contributed by atoms with Gasteiger partial charge in [-0.1, -0.05) is 53.0 Å². The number of carbonyl (C=O) groups is 1. The summed E-state index contributed by atoms with van der Waals surface area (Å²) in [5, 5.41) is 1.02. The van der Waals surface area contributed by atoms with Crippen LogP contribution in [0.4, 0.5) is 5.69 Å². The van der Waals surface area contributed by atoms with Gasteiger partial charge in [-0.25, -0.2) is 0 Å². The van der Waals surface area contributed by atoms with Crippen LogP contribution >= 0.6 is 34.8 Å². The molecule has 1 fully saturated rings. The van der Waals surface area contributed by atoms with Crippen molar-refractivity contribution < 1.29 is 9.53 Å². The monoisotopic (exact) mass is 398 g/mol. The van der Waals surface area contributed by atoms with Crippen molar-refractivity contribution in [1.82, 2.24) is 4.90 Å². The first kappa shape index (κ1) is 18.2. The smallest absolute Gasteiger partial charge is 0.260 e. The highest BCUT2D eigenvalue weighted by Gasteiger charge is 2.22. The lowest BCUT2D eigenvalue weighted by atomic mass is 10.2. The number of benzene rings is 2. The zero-order chi connectivity index (χ0) is 17.8. The Morgan fingerprint density at radius 2 is 1.56 bits per heavy atom. The minimum atomic E-state index is -0.0803. The van der Waals surface area contributed by atoms with Gasteiger partial charge in [0.2, 0.25) is 0 Å². The van der Waals surface area contributed by atoms with Crippen LogP contribution in [0.25, 0.3) is 0 Å². The van der Waals surface area contributed by atoms with Crippen molar-refractivity contribution in [3.8, 4) is 5.75 Å². The van der Waals surface area contributed by atoms with E-state index in [1.54, 1.807) is 4.90 Å². The maximum atomic E-state index is 12.4. The lowest BCUT2D eigenvalue weighted by Crippen LogP contribution is -2.50. The molecule has 0 aliphatic carbocycles. The van der Waals surface area contributed by atoms with Gasteiger partial charge in [0.1, 0.15) is 5.75 Å². The van der Waals surface area contributed by atoms with Crippen molar-refractivity contribution in [2.24, 2.45) is 0 Å². The minimum Gasteiger partial charge on any atom is -0.482 e. The summed E-state index contributed by atoms with van der Waals surface area (Å²) in [7, 11) is 0. The van der Waals surface area contributed by atoms with E-state index in [9.17, 15) is 4.79 Å². The van der Waals surface area contributed by atoms with E-state index in [0.29, 0.717) is 33.9 Å². The fourth-order valence-electron chi connectivity index (χ4n) is 2.70. The number of carbonyl (C=O) groups excluding carboxylic acids is 1. The van der Waals surface area contributed by atoms with Gasteiger partial charge >= 0.3 is 0 Å². The zero-order valence-electron chi connectivity index (χ0n) is 13.4. The summed E-state index contributed by atoms with van der Waals surface area (Å²) in [6, 6.07) is 13.2. The highest BCUT2D eigenvalue weighted by atomic mass is 35.5. The number of hydrogen-bond donors (Lipinski definition) is 0. The molecule has 7 heteroatoms. The Labute approximate surface area is 161 Å². The molecule has 1 aliphatic rings. The van der Waals surface area contributed by atoms with Gasteiger partial charge in [0, 0.05) is 37.9 Å². The van der Waals surface area contributed by atoms with Crippen LogP contribution in [-0.2, 0) is 4.79 Å². The van der Waals surface area contributed by atoms with Crippen LogP contribution in [0.3, 0.4) is 0 Å². The minimum absolute atomic E-state index is 0.0742. The molecule has 0 atom stereocenters. The van der Waals surface area contributed by atoms with E-state index in [2.05, 4.69) is 17.0 Å². The Morgan fingerprint density at radius 1 is 0.920 bits per heavy atom. The van der Waals surface area contributed by atoms with Crippen LogP contribution in [0.1, 0.15) is 0 Å². The van der Waals surface area contributed by atoms with Gasteiger partial charge in [-0.3, -0.25) is 4.79 Å². The van der Waals surface area contributed by atoms with Gasteiger partial charge in [0.05, 0.1) is 15.1 Å². The van der Waals surface area contributed by atoms with Gasteiger partial charge in [0.15, 0.2) is 6.61 Å². The molecule has 1 amide bonds. The van der Waals surface area contributed by atoms with Crippen LogP contribution in [-0.4, -0.2) is 43.6 Å². The summed E-state index contributed by atoms with van der Waals surface area (Å²) >= 11 is 17.9. The van der Waals surface area contributed by atoms with E-state index >= 15 is 0 Å². The van der Waals surface area contributed by atoms with Gasteiger partial charge in [-0.15, -0.1) is 0 Å². The summed E-state index contributed by atoms with van der Waals surface area (Å²) in [5.74, 6) is 0.280. The lowest BCUT2D eigenvalue weighted by molar-refractivity contribution is -0.133. The summed E-state index contributed by atoms with van der Waals surface area (Å²) in [4.78, 5) is 16.4. The maximum absolute atomic E-state index is 12.4. The van der Waals surface area contributed by atoms with Crippen molar-refractivity contribution in [3.63, 3.8) is 0 Å². The number of hydrogen-bond acceptors (Lipinski definition) is 3. The molecule has 0 saturated carbocycles. The van der Waals surface area contributed by atoms with Crippen molar-refractivity contribution in [2.45, 2.75) is 0 Å². The van der Waals surface area contributed by atoms with Gasteiger partial charge in [0.25, 0.3) is 5.91 Å². The molecular formula is C18H17Cl3N2O2. The summed E-state index contributed by atoms with van der Waals surface area (Å²) < 4.78 is 5.52. The Morgan fingerprint density at radius 3 is 2.24 bits per heavy atom.